The Labute approximate surface area is 147 Å². The number of rotatable bonds is 1. The molecule has 1 aliphatic heterocycles. The number of nitrogens with zero attached hydrogens (tertiary/aromatic N) is 1. The van der Waals surface area contributed by atoms with Crippen molar-refractivity contribution in [3.8, 4) is 11.5 Å². The Hall–Kier alpha value is -2.50. The van der Waals surface area contributed by atoms with Crippen LogP contribution in [0.4, 0.5) is 0 Å². The molecule has 6 nitrogen and oxygen atoms in total. The molecule has 0 aromatic heterocycles. The number of methoxy groups -OCH3 is 1. The van der Waals surface area contributed by atoms with E-state index in [2.05, 4.69) is 5.16 Å². The molecular formula is C19H25NO5. The lowest BCUT2D eigenvalue weighted by Crippen LogP contribution is -2.17. The Balaban J connectivity index is 2.33. The Bertz CT molecular complexity index is 666. The van der Waals surface area contributed by atoms with Crippen molar-refractivity contribution in [1.82, 2.24) is 0 Å². The van der Waals surface area contributed by atoms with Gasteiger partial charge in [-0.25, -0.2) is 4.79 Å². The van der Waals surface area contributed by atoms with Gasteiger partial charge in [0, 0.05) is 6.07 Å². The van der Waals surface area contributed by atoms with Crippen LogP contribution in [0.5, 0.6) is 11.5 Å². The van der Waals surface area contributed by atoms with Gasteiger partial charge < -0.3 is 19.8 Å². The number of ether oxygens (including phenoxy) is 2. The number of allylic oxidation sites excluding steroid dienone is 1. The number of cyclic esters (lactones) is 1. The van der Waals surface area contributed by atoms with E-state index in [0.717, 1.165) is 31.4 Å². The van der Waals surface area contributed by atoms with E-state index in [1.807, 2.05) is 13.0 Å². The number of aromatic hydroxyl groups is 1. The second-order valence-electron chi connectivity index (χ2n) is 6.18. The van der Waals surface area contributed by atoms with Gasteiger partial charge in [0.1, 0.15) is 17.1 Å². The molecule has 0 saturated carbocycles. The van der Waals surface area contributed by atoms with Gasteiger partial charge in [0.25, 0.3) is 0 Å². The van der Waals surface area contributed by atoms with Crippen LogP contribution >= 0.6 is 0 Å². The number of hydrogen-bond acceptors (Lipinski definition) is 6. The molecule has 2 N–H and O–H groups in total. The van der Waals surface area contributed by atoms with Crippen LogP contribution in [0, 0.1) is 0 Å². The molecule has 0 radical (unpaired) electrons. The minimum absolute atomic E-state index is 0.151. The third-order valence-electron chi connectivity index (χ3n) is 4.22. The van der Waals surface area contributed by atoms with Crippen molar-refractivity contribution >= 4 is 17.8 Å². The molecule has 0 amide bonds. The first-order valence-corrected chi connectivity index (χ1v) is 8.53. The summed E-state index contributed by atoms with van der Waals surface area (Å²) in [6, 6.07) is 3.11. The van der Waals surface area contributed by atoms with Gasteiger partial charge in [-0.2, -0.15) is 0 Å². The molecule has 136 valence electrons. The first-order chi connectivity index (χ1) is 12.0. The standard InChI is InChI=1S/C19H25NO5/c1-13-7-6-10-15(20-23)9-5-3-4-8-14-11-16(24-2)12-17(21)18(14)19(22)25-13/h4,8,11-13,21,23H,3,5-7,9-10H2,1-2H3/b8-4+,20-15-/t13-/m0/s1. The Kier molecular flexibility index (Phi) is 6.86. The number of hydrogen-bond donors (Lipinski definition) is 2. The summed E-state index contributed by atoms with van der Waals surface area (Å²) >= 11 is 0. The Morgan fingerprint density at radius 3 is 2.76 bits per heavy atom. The minimum Gasteiger partial charge on any atom is -0.507 e. The molecule has 0 spiro atoms. The summed E-state index contributed by atoms with van der Waals surface area (Å²) in [5, 5.41) is 22.7. The highest BCUT2D eigenvalue weighted by Gasteiger charge is 2.21. The van der Waals surface area contributed by atoms with Crippen molar-refractivity contribution < 1.29 is 24.6 Å². The minimum atomic E-state index is -0.555. The average Bonchev–Trinajstić information content (AvgIpc) is 2.58. The van der Waals surface area contributed by atoms with Gasteiger partial charge in [0.2, 0.25) is 0 Å². The van der Waals surface area contributed by atoms with Gasteiger partial charge in [-0.3, -0.25) is 0 Å². The maximum atomic E-state index is 12.5. The van der Waals surface area contributed by atoms with E-state index in [9.17, 15) is 9.90 Å². The maximum absolute atomic E-state index is 12.5. The number of oxime groups is 1. The molecule has 1 heterocycles. The fourth-order valence-corrected chi connectivity index (χ4v) is 2.85. The topological polar surface area (TPSA) is 88.3 Å². The fourth-order valence-electron chi connectivity index (χ4n) is 2.85. The van der Waals surface area contributed by atoms with Crippen LogP contribution in [-0.4, -0.2) is 35.2 Å². The van der Waals surface area contributed by atoms with Gasteiger partial charge >= 0.3 is 5.97 Å². The number of fused-ring (bicyclic) bond motifs is 1. The third-order valence-corrected chi connectivity index (χ3v) is 4.22. The zero-order valence-corrected chi connectivity index (χ0v) is 14.7. The van der Waals surface area contributed by atoms with Crippen LogP contribution in [0.3, 0.4) is 0 Å². The van der Waals surface area contributed by atoms with Gasteiger partial charge in [-0.15, -0.1) is 0 Å². The van der Waals surface area contributed by atoms with E-state index >= 15 is 0 Å². The lowest BCUT2D eigenvalue weighted by atomic mass is 10.0. The van der Waals surface area contributed by atoms with Crippen LogP contribution in [0.15, 0.2) is 23.4 Å². The molecule has 1 aliphatic rings. The summed E-state index contributed by atoms with van der Waals surface area (Å²) in [5.41, 5.74) is 1.48. The quantitative estimate of drug-likeness (QED) is 0.453. The first kappa shape index (κ1) is 18.8. The predicted octanol–water partition coefficient (Wildman–Crippen LogP) is 4.14. The molecule has 1 aromatic rings. The third kappa shape index (κ3) is 5.24. The van der Waals surface area contributed by atoms with E-state index in [0.29, 0.717) is 24.2 Å². The van der Waals surface area contributed by atoms with Crippen LogP contribution < -0.4 is 4.74 Å². The number of esters is 1. The normalized spacial score (nSPS) is 22.6. The molecule has 6 heteroatoms. The lowest BCUT2D eigenvalue weighted by Gasteiger charge is -2.16. The molecule has 1 atom stereocenters. The molecule has 25 heavy (non-hydrogen) atoms. The molecule has 1 aromatic carbocycles. The number of carbonyl (C=O) groups excluding carboxylic acids is 1. The monoisotopic (exact) mass is 347 g/mol. The number of benzene rings is 1. The summed E-state index contributed by atoms with van der Waals surface area (Å²) < 4.78 is 10.6. The molecule has 0 aliphatic carbocycles. The smallest absolute Gasteiger partial charge is 0.342 e. The molecule has 0 saturated heterocycles. The molecule has 0 unspecified atom stereocenters. The van der Waals surface area contributed by atoms with Crippen LogP contribution in [0.1, 0.15) is 61.4 Å². The highest BCUT2D eigenvalue weighted by Crippen LogP contribution is 2.30. The van der Waals surface area contributed by atoms with Crippen molar-refractivity contribution in [2.75, 3.05) is 7.11 Å². The van der Waals surface area contributed by atoms with E-state index in [-0.39, 0.29) is 17.4 Å². The zero-order chi connectivity index (χ0) is 18.2. The van der Waals surface area contributed by atoms with Gasteiger partial charge in [0.15, 0.2) is 0 Å². The zero-order valence-electron chi connectivity index (χ0n) is 14.7. The summed E-state index contributed by atoms with van der Waals surface area (Å²) in [4.78, 5) is 12.5. The van der Waals surface area contributed by atoms with Crippen LogP contribution in [0.2, 0.25) is 0 Å². The van der Waals surface area contributed by atoms with E-state index in [1.54, 1.807) is 12.1 Å². The van der Waals surface area contributed by atoms with Crippen molar-refractivity contribution in [3.05, 3.63) is 29.3 Å². The Morgan fingerprint density at radius 1 is 1.28 bits per heavy atom. The summed E-state index contributed by atoms with van der Waals surface area (Å²) in [5.74, 6) is -0.240. The molecule has 2 rings (SSSR count). The van der Waals surface area contributed by atoms with E-state index < -0.39 is 5.97 Å². The average molecular weight is 347 g/mol. The van der Waals surface area contributed by atoms with E-state index in [1.165, 1.54) is 13.2 Å². The second kappa shape index (κ2) is 9.11. The lowest BCUT2D eigenvalue weighted by molar-refractivity contribution is 0.0318. The van der Waals surface area contributed by atoms with Crippen molar-refractivity contribution in [2.45, 2.75) is 51.6 Å². The largest absolute Gasteiger partial charge is 0.507 e. The number of carbonyl (C=O) groups is 1. The van der Waals surface area contributed by atoms with Gasteiger partial charge in [-0.05, 0) is 57.1 Å². The SMILES string of the molecule is COc1cc(O)c2c(c1)/C=C/CCC/C(=N/O)CCC[C@H](C)OC2=O. The van der Waals surface area contributed by atoms with Gasteiger partial charge in [-0.1, -0.05) is 17.3 Å². The summed E-state index contributed by atoms with van der Waals surface area (Å²) in [7, 11) is 1.50. The predicted molar refractivity (Wildman–Crippen MR) is 95.5 cm³/mol. The van der Waals surface area contributed by atoms with Gasteiger partial charge in [0.05, 0.1) is 18.9 Å². The summed E-state index contributed by atoms with van der Waals surface area (Å²) in [6.45, 7) is 1.82. The van der Waals surface area contributed by atoms with Crippen LogP contribution in [0.25, 0.3) is 6.08 Å². The highest BCUT2D eigenvalue weighted by atomic mass is 16.5. The number of phenolic OH excluding ortho intramolecular Hbond substituents is 1. The maximum Gasteiger partial charge on any atom is 0.342 e. The summed E-state index contributed by atoms with van der Waals surface area (Å²) in [6.07, 6.45) is 7.86. The molecular weight excluding hydrogens is 322 g/mol. The van der Waals surface area contributed by atoms with Crippen molar-refractivity contribution in [3.63, 3.8) is 0 Å². The van der Waals surface area contributed by atoms with Crippen molar-refractivity contribution in [2.24, 2.45) is 5.16 Å². The highest BCUT2D eigenvalue weighted by molar-refractivity contribution is 5.97. The second-order valence-corrected chi connectivity index (χ2v) is 6.18. The van der Waals surface area contributed by atoms with Crippen molar-refractivity contribution in [1.29, 1.82) is 0 Å². The van der Waals surface area contributed by atoms with E-state index in [4.69, 9.17) is 14.7 Å². The first-order valence-electron chi connectivity index (χ1n) is 8.53. The molecule has 0 fully saturated rings. The fraction of sp³-hybridized carbons (Fsp3) is 0.474. The Morgan fingerprint density at radius 2 is 2.04 bits per heavy atom. The number of phenols is 1. The van der Waals surface area contributed by atoms with Crippen LogP contribution in [-0.2, 0) is 4.74 Å². The molecule has 0 bridgehead atoms.